The molecule has 4 aromatic carbocycles. The average molecular weight is 465 g/mol. The third kappa shape index (κ3) is 4.89. The number of hydrogen-bond acceptors (Lipinski definition) is 5. The molecule has 0 radical (unpaired) electrons. The Balaban J connectivity index is 1.54. The van der Waals surface area contributed by atoms with Crippen LogP contribution in [0.3, 0.4) is 0 Å². The molecule has 5 aromatic rings. The van der Waals surface area contributed by atoms with Crippen molar-refractivity contribution in [3.8, 4) is 28.4 Å². The van der Waals surface area contributed by atoms with E-state index < -0.39 is 0 Å². The van der Waals surface area contributed by atoms with Crippen LogP contribution in [0.2, 0.25) is 0 Å². The van der Waals surface area contributed by atoms with E-state index in [1.54, 1.807) is 19.2 Å². The molecule has 0 saturated carbocycles. The van der Waals surface area contributed by atoms with Crippen LogP contribution < -0.4 is 19.6 Å². The lowest BCUT2D eigenvalue weighted by atomic mass is 10.1. The minimum Gasteiger partial charge on any atom is -0.497 e. The molecular formula is C30H24O5. The second-order valence-corrected chi connectivity index (χ2v) is 8.03. The van der Waals surface area contributed by atoms with Crippen LogP contribution in [-0.4, -0.2) is 7.11 Å². The molecule has 5 heteroatoms. The van der Waals surface area contributed by atoms with Gasteiger partial charge in [-0.2, -0.15) is 0 Å². The summed E-state index contributed by atoms with van der Waals surface area (Å²) in [4.78, 5) is 13.4. The molecule has 35 heavy (non-hydrogen) atoms. The molecule has 0 unspecified atom stereocenters. The first-order chi connectivity index (χ1) is 17.2. The molecule has 0 spiro atoms. The fraction of sp³-hybridized carbons (Fsp3) is 0.100. The van der Waals surface area contributed by atoms with Crippen LogP contribution in [-0.2, 0) is 13.2 Å². The lowest BCUT2D eigenvalue weighted by Crippen LogP contribution is -2.07. The van der Waals surface area contributed by atoms with Gasteiger partial charge < -0.3 is 18.6 Å². The third-order valence-electron chi connectivity index (χ3n) is 5.72. The maximum absolute atomic E-state index is 13.4. The molecule has 0 aliphatic carbocycles. The third-order valence-corrected chi connectivity index (χ3v) is 5.72. The van der Waals surface area contributed by atoms with E-state index in [-0.39, 0.29) is 5.43 Å². The van der Waals surface area contributed by atoms with Crippen LogP contribution in [0.4, 0.5) is 0 Å². The number of methoxy groups -OCH3 is 1. The molecule has 5 rings (SSSR count). The van der Waals surface area contributed by atoms with Crippen molar-refractivity contribution in [2.75, 3.05) is 7.11 Å². The van der Waals surface area contributed by atoms with Gasteiger partial charge in [-0.1, -0.05) is 72.8 Å². The van der Waals surface area contributed by atoms with Gasteiger partial charge in [0, 0.05) is 0 Å². The highest BCUT2D eigenvalue weighted by Crippen LogP contribution is 2.37. The highest BCUT2D eigenvalue weighted by molar-refractivity contribution is 5.88. The summed E-state index contributed by atoms with van der Waals surface area (Å²) in [6.07, 6.45) is 1.48. The molecule has 0 atom stereocenters. The largest absolute Gasteiger partial charge is 0.497 e. The summed E-state index contributed by atoms with van der Waals surface area (Å²) in [6, 6.07) is 30.5. The van der Waals surface area contributed by atoms with Gasteiger partial charge in [0.25, 0.3) is 0 Å². The fourth-order valence-corrected chi connectivity index (χ4v) is 3.84. The lowest BCUT2D eigenvalue weighted by Gasteiger charge is -2.15. The molecule has 1 heterocycles. The first-order valence-corrected chi connectivity index (χ1v) is 11.3. The lowest BCUT2D eigenvalue weighted by molar-refractivity contribution is 0.255. The topological polar surface area (TPSA) is 57.9 Å². The van der Waals surface area contributed by atoms with Gasteiger partial charge >= 0.3 is 0 Å². The maximum atomic E-state index is 13.4. The molecule has 0 amide bonds. The first-order valence-electron chi connectivity index (χ1n) is 11.3. The van der Waals surface area contributed by atoms with Crippen LogP contribution in [0.1, 0.15) is 11.1 Å². The molecule has 0 aliphatic heterocycles. The predicted octanol–water partition coefficient (Wildman–Crippen LogP) is 6.63. The Hall–Kier alpha value is -4.51. The summed E-state index contributed by atoms with van der Waals surface area (Å²) in [5, 5.41) is 0.424. The van der Waals surface area contributed by atoms with Crippen LogP contribution in [0.25, 0.3) is 22.1 Å². The Morgan fingerprint density at radius 3 is 1.97 bits per heavy atom. The van der Waals surface area contributed by atoms with E-state index in [0.717, 1.165) is 22.4 Å². The van der Waals surface area contributed by atoms with Gasteiger partial charge in [0.05, 0.1) is 18.1 Å². The summed E-state index contributed by atoms with van der Waals surface area (Å²) in [7, 11) is 1.60. The van der Waals surface area contributed by atoms with Gasteiger partial charge in [0.1, 0.15) is 25.2 Å². The van der Waals surface area contributed by atoms with Crippen molar-refractivity contribution in [2.24, 2.45) is 0 Å². The van der Waals surface area contributed by atoms with Crippen molar-refractivity contribution in [1.29, 1.82) is 0 Å². The van der Waals surface area contributed by atoms with Crippen molar-refractivity contribution >= 4 is 11.0 Å². The predicted molar refractivity (Wildman–Crippen MR) is 136 cm³/mol. The molecule has 0 saturated heterocycles. The van der Waals surface area contributed by atoms with Crippen molar-refractivity contribution in [3.05, 3.63) is 125 Å². The van der Waals surface area contributed by atoms with E-state index >= 15 is 0 Å². The second kappa shape index (κ2) is 10.2. The number of ether oxygens (including phenoxy) is 3. The summed E-state index contributed by atoms with van der Waals surface area (Å²) >= 11 is 0. The SMILES string of the molecule is COc1ccc(-c2coc3c(OCc4ccccc4)c(OCc4ccccc4)ccc3c2=O)cc1. The molecule has 0 aliphatic rings. The van der Waals surface area contributed by atoms with Gasteiger partial charge in [0.2, 0.25) is 11.2 Å². The van der Waals surface area contributed by atoms with E-state index in [1.807, 2.05) is 84.9 Å². The molecule has 0 fully saturated rings. The minimum absolute atomic E-state index is 0.143. The Labute approximate surface area is 203 Å². The number of hydrogen-bond donors (Lipinski definition) is 0. The summed E-state index contributed by atoms with van der Waals surface area (Å²) < 4.78 is 23.5. The van der Waals surface area contributed by atoms with Crippen molar-refractivity contribution in [3.63, 3.8) is 0 Å². The summed E-state index contributed by atoms with van der Waals surface area (Å²) in [6.45, 7) is 0.674. The highest BCUT2D eigenvalue weighted by atomic mass is 16.5. The second-order valence-electron chi connectivity index (χ2n) is 8.03. The van der Waals surface area contributed by atoms with Crippen molar-refractivity contribution in [2.45, 2.75) is 13.2 Å². The number of rotatable bonds is 8. The van der Waals surface area contributed by atoms with E-state index in [2.05, 4.69) is 0 Å². The fourth-order valence-electron chi connectivity index (χ4n) is 3.84. The Bertz CT molecular complexity index is 1470. The quantitative estimate of drug-likeness (QED) is 0.258. The molecule has 0 bridgehead atoms. The normalized spacial score (nSPS) is 10.8. The number of benzene rings is 4. The Morgan fingerprint density at radius 2 is 1.34 bits per heavy atom. The Kier molecular flexibility index (Phi) is 6.48. The van der Waals surface area contributed by atoms with E-state index in [0.29, 0.717) is 41.2 Å². The maximum Gasteiger partial charge on any atom is 0.205 e. The molecule has 1 aromatic heterocycles. The van der Waals surface area contributed by atoms with E-state index in [1.165, 1.54) is 6.26 Å². The van der Waals surface area contributed by atoms with Gasteiger partial charge in [-0.25, -0.2) is 0 Å². The van der Waals surface area contributed by atoms with Gasteiger partial charge in [0.15, 0.2) is 11.3 Å². The van der Waals surface area contributed by atoms with Gasteiger partial charge in [-0.15, -0.1) is 0 Å². The molecule has 5 nitrogen and oxygen atoms in total. The van der Waals surface area contributed by atoms with Crippen LogP contribution in [0.5, 0.6) is 17.2 Å². The van der Waals surface area contributed by atoms with Crippen LogP contribution in [0, 0.1) is 0 Å². The number of fused-ring (bicyclic) bond motifs is 1. The summed E-state index contributed by atoms with van der Waals surface area (Å²) in [5.74, 6) is 1.63. The standard InChI is InChI=1S/C30H24O5/c1-32-24-14-12-23(13-15-24)26-20-35-29-25(28(26)31)16-17-27(33-18-21-8-4-2-5-9-21)30(29)34-19-22-10-6-3-7-11-22/h2-17,20H,18-19H2,1H3. The smallest absolute Gasteiger partial charge is 0.205 e. The average Bonchev–Trinajstić information content (AvgIpc) is 2.92. The van der Waals surface area contributed by atoms with E-state index in [9.17, 15) is 4.79 Å². The zero-order valence-electron chi connectivity index (χ0n) is 19.3. The van der Waals surface area contributed by atoms with Gasteiger partial charge in [-0.3, -0.25) is 4.79 Å². The molecular weight excluding hydrogens is 440 g/mol. The van der Waals surface area contributed by atoms with Crippen molar-refractivity contribution in [1.82, 2.24) is 0 Å². The minimum atomic E-state index is -0.143. The first kappa shape index (κ1) is 22.3. The molecule has 0 N–H and O–H groups in total. The van der Waals surface area contributed by atoms with Gasteiger partial charge in [-0.05, 0) is 41.0 Å². The van der Waals surface area contributed by atoms with E-state index in [4.69, 9.17) is 18.6 Å². The van der Waals surface area contributed by atoms with Crippen LogP contribution in [0.15, 0.2) is 113 Å². The molecule has 174 valence electrons. The monoisotopic (exact) mass is 464 g/mol. The Morgan fingerprint density at radius 1 is 0.714 bits per heavy atom. The zero-order chi connectivity index (χ0) is 24.0. The van der Waals surface area contributed by atoms with Crippen LogP contribution >= 0.6 is 0 Å². The highest BCUT2D eigenvalue weighted by Gasteiger charge is 2.18. The van der Waals surface area contributed by atoms with Crippen molar-refractivity contribution < 1.29 is 18.6 Å². The zero-order valence-corrected chi connectivity index (χ0v) is 19.3. The summed E-state index contributed by atoms with van der Waals surface area (Å²) in [5.41, 5.74) is 3.45.